The van der Waals surface area contributed by atoms with Crippen molar-refractivity contribution in [1.29, 1.82) is 0 Å². The molecule has 0 aromatic carbocycles. The summed E-state index contributed by atoms with van der Waals surface area (Å²) in [5, 5.41) is 0. The maximum Gasteiger partial charge on any atom is 0.500 e. The fourth-order valence-corrected chi connectivity index (χ4v) is 9.71. The van der Waals surface area contributed by atoms with Gasteiger partial charge in [-0.2, -0.15) is 0 Å². The summed E-state index contributed by atoms with van der Waals surface area (Å²) in [6, 6.07) is 1.58. The number of nitrogens with two attached hydrogens (primary N) is 2. The van der Waals surface area contributed by atoms with Gasteiger partial charge in [-0.1, -0.05) is 12.8 Å². The number of rotatable bonds is 25. The van der Waals surface area contributed by atoms with Crippen LogP contribution in [0.5, 0.6) is 0 Å². The Hall–Kier alpha value is 0.114. The second kappa shape index (κ2) is 20.2. The smallest absolute Gasteiger partial charge is 0.374 e. The van der Waals surface area contributed by atoms with E-state index in [1.165, 1.54) is 0 Å². The van der Waals surface area contributed by atoms with Crippen LogP contribution in [0.1, 0.15) is 92.9 Å². The van der Waals surface area contributed by atoms with Gasteiger partial charge in [0.1, 0.15) is 0 Å². The van der Waals surface area contributed by atoms with Gasteiger partial charge in [0.2, 0.25) is 0 Å². The Morgan fingerprint density at radius 2 is 0.824 bits per heavy atom. The Bertz CT molecular complexity index is 411. The molecule has 0 spiro atoms. The second-order valence-electron chi connectivity index (χ2n) is 8.63. The molecule has 4 N–H and O–H groups in total. The lowest BCUT2D eigenvalue weighted by Crippen LogP contribution is -2.48. The van der Waals surface area contributed by atoms with Gasteiger partial charge in [0, 0.05) is 57.3 Å². The average Bonchev–Trinajstić information content (AvgIpc) is 2.78. The first-order valence-electron chi connectivity index (χ1n) is 13.7. The molecule has 0 unspecified atom stereocenters. The van der Waals surface area contributed by atoms with Crippen molar-refractivity contribution < 1.29 is 26.6 Å². The summed E-state index contributed by atoms with van der Waals surface area (Å²) in [5.41, 5.74) is 12.5. The minimum absolute atomic E-state index is 0.260. The Morgan fingerprint density at radius 1 is 0.500 bits per heavy atom. The fourth-order valence-electron chi connectivity index (χ4n) is 4.49. The molecule has 34 heavy (non-hydrogen) atoms. The Kier molecular flexibility index (Phi) is 20.3. The molecule has 0 amide bonds. The highest BCUT2D eigenvalue weighted by atomic mass is 28.4. The Morgan fingerprint density at radius 3 is 1.12 bits per heavy atom. The fraction of sp³-hybridized carbons (Fsp3) is 1.00. The Balaban J connectivity index is 5.22. The molecule has 0 aliphatic carbocycles. The van der Waals surface area contributed by atoms with E-state index >= 15 is 0 Å². The molecular formula is C24H56N2O6Si2. The summed E-state index contributed by atoms with van der Waals surface area (Å²) >= 11 is 0. The topological polar surface area (TPSA) is 107 Å². The van der Waals surface area contributed by atoms with E-state index in [-0.39, 0.29) is 5.54 Å². The summed E-state index contributed by atoms with van der Waals surface area (Å²) < 4.78 is 36.2. The van der Waals surface area contributed by atoms with E-state index in [4.69, 9.17) is 38.0 Å². The summed E-state index contributed by atoms with van der Waals surface area (Å²) in [4.78, 5) is 0. The molecule has 0 rings (SSSR count). The van der Waals surface area contributed by atoms with E-state index in [1.54, 1.807) is 0 Å². The van der Waals surface area contributed by atoms with Crippen molar-refractivity contribution in [1.82, 2.24) is 0 Å². The lowest BCUT2D eigenvalue weighted by molar-refractivity contribution is 0.0698. The lowest BCUT2D eigenvalue weighted by atomic mass is 9.84. The van der Waals surface area contributed by atoms with Gasteiger partial charge in [-0.25, -0.2) is 0 Å². The maximum absolute atomic E-state index is 7.04. The quantitative estimate of drug-likeness (QED) is 0.129. The third-order valence-electron chi connectivity index (χ3n) is 5.88. The molecule has 0 saturated heterocycles. The van der Waals surface area contributed by atoms with Gasteiger partial charge < -0.3 is 38.0 Å². The highest BCUT2D eigenvalue weighted by molar-refractivity contribution is 6.61. The Labute approximate surface area is 212 Å². The minimum atomic E-state index is -2.66. The first-order chi connectivity index (χ1) is 16.3. The SMILES string of the molecule is CCO[Si](CCCC(N)(CCCCCN)CCC[Si](OCC)(OCC)OCC)(OCC)OCC. The molecule has 8 nitrogen and oxygen atoms in total. The molecule has 0 heterocycles. The number of unbranched alkanes of at least 4 members (excludes halogenated alkanes) is 2. The van der Waals surface area contributed by atoms with Gasteiger partial charge in [0.05, 0.1) is 0 Å². The lowest BCUT2D eigenvalue weighted by Gasteiger charge is -2.34. The van der Waals surface area contributed by atoms with Crippen molar-refractivity contribution in [3.05, 3.63) is 0 Å². The summed E-state index contributed by atoms with van der Waals surface area (Å²) in [5.74, 6) is 0. The average molecular weight is 525 g/mol. The zero-order chi connectivity index (χ0) is 25.8. The van der Waals surface area contributed by atoms with Gasteiger partial charge >= 0.3 is 17.6 Å². The van der Waals surface area contributed by atoms with Crippen LogP contribution in [-0.4, -0.2) is 69.3 Å². The van der Waals surface area contributed by atoms with Crippen LogP contribution in [0.2, 0.25) is 12.1 Å². The van der Waals surface area contributed by atoms with Crippen molar-refractivity contribution in [2.75, 3.05) is 46.2 Å². The number of hydrogen-bond acceptors (Lipinski definition) is 8. The standard InChI is InChI=1S/C24H56N2O6Si2/c1-7-27-33(28-8-2,29-9-3)22-16-19-24(26,18-14-13-15-21-25)20-17-23-34(30-10-4,31-11-5)32-12-6/h7-23,25-26H2,1-6H3. The van der Waals surface area contributed by atoms with Crippen LogP contribution in [0.25, 0.3) is 0 Å². The number of hydrogen-bond donors (Lipinski definition) is 2. The zero-order valence-corrected chi connectivity index (χ0v) is 25.1. The van der Waals surface area contributed by atoms with Gasteiger partial charge in [0.25, 0.3) is 0 Å². The molecule has 0 radical (unpaired) electrons. The van der Waals surface area contributed by atoms with Crippen LogP contribution >= 0.6 is 0 Å². The van der Waals surface area contributed by atoms with Crippen LogP contribution in [-0.2, 0) is 26.6 Å². The van der Waals surface area contributed by atoms with Gasteiger partial charge in [-0.3, -0.25) is 0 Å². The van der Waals surface area contributed by atoms with Crippen LogP contribution in [0.3, 0.4) is 0 Å². The first kappa shape index (κ1) is 34.1. The van der Waals surface area contributed by atoms with Gasteiger partial charge in [0.15, 0.2) is 0 Å². The van der Waals surface area contributed by atoms with E-state index in [2.05, 4.69) is 0 Å². The molecule has 0 aliphatic heterocycles. The van der Waals surface area contributed by atoms with Crippen molar-refractivity contribution in [2.24, 2.45) is 11.5 Å². The summed E-state index contributed by atoms with van der Waals surface area (Å²) in [6.07, 6.45) is 7.87. The van der Waals surface area contributed by atoms with Crippen LogP contribution < -0.4 is 11.5 Å². The van der Waals surface area contributed by atoms with Crippen LogP contribution in [0, 0.1) is 0 Å². The van der Waals surface area contributed by atoms with Crippen molar-refractivity contribution in [2.45, 2.75) is 111 Å². The zero-order valence-electron chi connectivity index (χ0n) is 23.1. The van der Waals surface area contributed by atoms with Gasteiger partial charge in [-0.15, -0.1) is 0 Å². The van der Waals surface area contributed by atoms with Crippen molar-refractivity contribution >= 4 is 17.6 Å². The molecule has 0 aliphatic rings. The highest BCUT2D eigenvalue weighted by Gasteiger charge is 2.42. The van der Waals surface area contributed by atoms with E-state index < -0.39 is 17.6 Å². The summed E-state index contributed by atoms with van der Waals surface area (Å²) in [7, 11) is -5.32. The second-order valence-corrected chi connectivity index (χ2v) is 14.1. The van der Waals surface area contributed by atoms with E-state index in [1.807, 2.05) is 41.5 Å². The normalized spacial score (nSPS) is 13.1. The monoisotopic (exact) mass is 524 g/mol. The molecule has 206 valence electrons. The molecule has 0 atom stereocenters. The van der Waals surface area contributed by atoms with Crippen LogP contribution in [0.15, 0.2) is 0 Å². The summed E-state index contributed by atoms with van der Waals surface area (Å²) in [6.45, 7) is 16.3. The molecule has 0 saturated carbocycles. The molecule has 10 heteroatoms. The molecular weight excluding hydrogens is 468 g/mol. The third-order valence-corrected chi connectivity index (χ3v) is 12.2. The minimum Gasteiger partial charge on any atom is -0.374 e. The largest absolute Gasteiger partial charge is 0.500 e. The van der Waals surface area contributed by atoms with Crippen LogP contribution in [0.4, 0.5) is 0 Å². The predicted molar refractivity (Wildman–Crippen MR) is 144 cm³/mol. The predicted octanol–water partition coefficient (Wildman–Crippen LogP) is 4.86. The highest BCUT2D eigenvalue weighted by Crippen LogP contribution is 2.30. The third kappa shape index (κ3) is 14.0. The molecule has 0 aromatic rings. The van der Waals surface area contributed by atoms with E-state index in [0.29, 0.717) is 39.6 Å². The molecule has 0 aromatic heterocycles. The van der Waals surface area contributed by atoms with E-state index in [9.17, 15) is 0 Å². The molecule has 0 bridgehead atoms. The van der Waals surface area contributed by atoms with Gasteiger partial charge in [-0.05, 0) is 86.6 Å². The van der Waals surface area contributed by atoms with Crippen molar-refractivity contribution in [3.63, 3.8) is 0 Å². The maximum atomic E-state index is 7.04. The first-order valence-corrected chi connectivity index (χ1v) is 17.5. The van der Waals surface area contributed by atoms with Crippen molar-refractivity contribution in [3.8, 4) is 0 Å². The van der Waals surface area contributed by atoms with E-state index in [0.717, 1.165) is 70.0 Å². The molecule has 0 fully saturated rings.